The highest BCUT2D eigenvalue weighted by Gasteiger charge is 2.22. The first kappa shape index (κ1) is 18.4. The van der Waals surface area contributed by atoms with E-state index in [0.29, 0.717) is 18.0 Å². The number of likely N-dealkylation sites (tertiary alicyclic amines) is 1. The first-order chi connectivity index (χ1) is 12.7. The largest absolute Gasteiger partial charge is 0.392 e. The Bertz CT molecular complexity index is 772. The zero-order chi connectivity index (χ0) is 18.4. The average Bonchev–Trinajstić information content (AvgIpc) is 3.14. The molecule has 2 aromatic carbocycles. The number of hydrogen-bond acceptors (Lipinski definition) is 3. The Balaban J connectivity index is 1.62. The second kappa shape index (κ2) is 8.79. The van der Waals surface area contributed by atoms with Crippen molar-refractivity contribution in [2.75, 3.05) is 26.2 Å². The lowest BCUT2D eigenvalue weighted by Gasteiger charge is -2.14. The minimum absolute atomic E-state index is 0.0122. The molecule has 2 aromatic rings. The fraction of sp³-hybridized carbons (Fsp3) is 0.318. The monoisotopic (exact) mass is 350 g/mol. The van der Waals surface area contributed by atoms with Gasteiger partial charge in [0.15, 0.2) is 0 Å². The normalized spacial score (nSPS) is 17.2. The summed E-state index contributed by atoms with van der Waals surface area (Å²) >= 11 is 0. The molecule has 0 saturated carbocycles. The number of hydrogen-bond donors (Lipinski definition) is 2. The van der Waals surface area contributed by atoms with Gasteiger partial charge in [-0.05, 0) is 53.8 Å². The van der Waals surface area contributed by atoms with Gasteiger partial charge in [-0.2, -0.15) is 0 Å². The summed E-state index contributed by atoms with van der Waals surface area (Å²) in [5.41, 5.74) is 3.51. The Hall–Kier alpha value is -2.43. The van der Waals surface area contributed by atoms with Gasteiger partial charge in [0.05, 0.1) is 6.61 Å². The predicted octanol–water partition coefficient (Wildman–Crippen LogP) is 3.08. The van der Waals surface area contributed by atoms with E-state index in [1.807, 2.05) is 54.6 Å². The molecule has 4 nitrogen and oxygen atoms in total. The molecule has 1 atom stereocenters. The van der Waals surface area contributed by atoms with Gasteiger partial charge in [-0.15, -0.1) is 6.58 Å². The first-order valence-corrected chi connectivity index (χ1v) is 9.11. The van der Waals surface area contributed by atoms with E-state index in [1.165, 1.54) is 0 Å². The van der Waals surface area contributed by atoms with Crippen LogP contribution in [0.15, 0.2) is 61.2 Å². The fourth-order valence-corrected chi connectivity index (χ4v) is 3.46. The molecule has 3 rings (SSSR count). The average molecular weight is 350 g/mol. The summed E-state index contributed by atoms with van der Waals surface area (Å²) in [7, 11) is 0. The van der Waals surface area contributed by atoms with E-state index < -0.39 is 0 Å². The number of aliphatic hydroxyl groups excluding tert-OH is 1. The topological polar surface area (TPSA) is 52.6 Å². The molecule has 1 aliphatic rings. The van der Waals surface area contributed by atoms with Crippen LogP contribution in [0.3, 0.4) is 0 Å². The van der Waals surface area contributed by atoms with Gasteiger partial charge in [0.25, 0.3) is 5.91 Å². The van der Waals surface area contributed by atoms with E-state index in [1.54, 1.807) is 0 Å². The van der Waals surface area contributed by atoms with Gasteiger partial charge in [0, 0.05) is 25.2 Å². The summed E-state index contributed by atoms with van der Waals surface area (Å²) in [5.74, 6) is 0.468. The van der Waals surface area contributed by atoms with Gasteiger partial charge < -0.3 is 10.4 Å². The maximum absolute atomic E-state index is 12.5. The maximum atomic E-state index is 12.5. The number of carbonyl (C=O) groups is 1. The Morgan fingerprint density at radius 3 is 2.77 bits per heavy atom. The number of nitrogens with zero attached hydrogens (tertiary/aromatic N) is 1. The third-order valence-corrected chi connectivity index (χ3v) is 4.88. The van der Waals surface area contributed by atoms with Gasteiger partial charge in [-0.3, -0.25) is 9.69 Å². The molecule has 0 unspecified atom stereocenters. The van der Waals surface area contributed by atoms with Crippen LogP contribution in [0.4, 0.5) is 0 Å². The van der Waals surface area contributed by atoms with E-state index in [4.69, 9.17) is 0 Å². The van der Waals surface area contributed by atoms with Gasteiger partial charge in [0.1, 0.15) is 0 Å². The minimum Gasteiger partial charge on any atom is -0.392 e. The number of nitrogens with one attached hydrogen (secondary N) is 1. The van der Waals surface area contributed by atoms with Crippen LogP contribution in [-0.2, 0) is 6.61 Å². The second-order valence-electron chi connectivity index (χ2n) is 6.85. The standard InChI is InChI=1S/C22H26N2O2/c1-2-10-24-11-9-18(15-24)14-23-22(26)21-8-4-7-20(13-21)19-6-3-5-17(12-19)16-25/h2-8,12-13,18,25H,1,9-11,14-16H2,(H,23,26)/t18-/m0/s1. The van der Waals surface area contributed by atoms with Crippen LogP contribution in [0.25, 0.3) is 11.1 Å². The molecule has 136 valence electrons. The van der Waals surface area contributed by atoms with Crippen LogP contribution in [0, 0.1) is 5.92 Å². The Morgan fingerprint density at radius 2 is 2.00 bits per heavy atom. The summed E-state index contributed by atoms with van der Waals surface area (Å²) in [5, 5.41) is 12.4. The van der Waals surface area contributed by atoms with Gasteiger partial charge in [0.2, 0.25) is 0 Å². The summed E-state index contributed by atoms with van der Waals surface area (Å²) in [6, 6.07) is 15.4. The molecule has 4 heteroatoms. The minimum atomic E-state index is -0.0349. The molecular weight excluding hydrogens is 324 g/mol. The Labute approximate surface area is 155 Å². The molecule has 1 saturated heterocycles. The first-order valence-electron chi connectivity index (χ1n) is 9.11. The van der Waals surface area contributed by atoms with E-state index >= 15 is 0 Å². The summed E-state index contributed by atoms with van der Waals surface area (Å²) in [4.78, 5) is 14.9. The van der Waals surface area contributed by atoms with E-state index in [2.05, 4.69) is 16.8 Å². The van der Waals surface area contributed by atoms with Gasteiger partial charge >= 0.3 is 0 Å². The SMILES string of the molecule is C=CCN1CC[C@@H](CNC(=O)c2cccc(-c3cccc(CO)c3)c2)C1. The molecule has 0 bridgehead atoms. The lowest BCUT2D eigenvalue weighted by Crippen LogP contribution is -2.31. The lowest BCUT2D eigenvalue weighted by atomic mass is 10.0. The number of rotatable bonds is 7. The van der Waals surface area contributed by atoms with Crippen LogP contribution in [0.1, 0.15) is 22.3 Å². The van der Waals surface area contributed by atoms with Crippen LogP contribution in [-0.4, -0.2) is 42.1 Å². The highest BCUT2D eigenvalue weighted by Crippen LogP contribution is 2.22. The summed E-state index contributed by atoms with van der Waals surface area (Å²) in [6.45, 7) is 7.50. The summed E-state index contributed by atoms with van der Waals surface area (Å²) < 4.78 is 0. The van der Waals surface area contributed by atoms with Crippen LogP contribution in [0.2, 0.25) is 0 Å². The van der Waals surface area contributed by atoms with Crippen LogP contribution in [0.5, 0.6) is 0 Å². The lowest BCUT2D eigenvalue weighted by molar-refractivity contribution is 0.0947. The third-order valence-electron chi connectivity index (χ3n) is 4.88. The van der Waals surface area contributed by atoms with Crippen molar-refractivity contribution in [3.8, 4) is 11.1 Å². The molecule has 1 amide bonds. The van der Waals surface area contributed by atoms with Crippen molar-refractivity contribution in [2.24, 2.45) is 5.92 Å². The van der Waals surface area contributed by atoms with Crippen molar-refractivity contribution in [3.05, 3.63) is 72.3 Å². The molecule has 1 fully saturated rings. The molecule has 0 spiro atoms. The molecule has 0 aromatic heterocycles. The van der Waals surface area contributed by atoms with Crippen molar-refractivity contribution >= 4 is 5.91 Å². The van der Waals surface area contributed by atoms with Crippen LogP contribution >= 0.6 is 0 Å². The summed E-state index contributed by atoms with van der Waals surface area (Å²) in [6.07, 6.45) is 3.04. The zero-order valence-corrected chi connectivity index (χ0v) is 15.0. The highest BCUT2D eigenvalue weighted by molar-refractivity contribution is 5.95. The molecule has 1 aliphatic heterocycles. The fourth-order valence-electron chi connectivity index (χ4n) is 3.46. The second-order valence-corrected chi connectivity index (χ2v) is 6.85. The predicted molar refractivity (Wildman–Crippen MR) is 105 cm³/mol. The Kier molecular flexibility index (Phi) is 6.21. The number of benzene rings is 2. The number of aliphatic hydroxyl groups is 1. The molecule has 2 N–H and O–H groups in total. The molecule has 0 radical (unpaired) electrons. The third kappa shape index (κ3) is 4.59. The highest BCUT2D eigenvalue weighted by atomic mass is 16.3. The van der Waals surface area contributed by atoms with Crippen molar-refractivity contribution in [3.63, 3.8) is 0 Å². The molecular formula is C22H26N2O2. The Morgan fingerprint density at radius 1 is 1.23 bits per heavy atom. The molecule has 1 heterocycles. The van der Waals surface area contributed by atoms with E-state index in [-0.39, 0.29) is 12.5 Å². The smallest absolute Gasteiger partial charge is 0.251 e. The quantitative estimate of drug-likeness (QED) is 0.755. The van der Waals surface area contributed by atoms with E-state index in [9.17, 15) is 9.90 Å². The van der Waals surface area contributed by atoms with Crippen molar-refractivity contribution in [2.45, 2.75) is 13.0 Å². The molecule has 0 aliphatic carbocycles. The van der Waals surface area contributed by atoms with Crippen molar-refractivity contribution in [1.29, 1.82) is 0 Å². The number of amides is 1. The van der Waals surface area contributed by atoms with Gasteiger partial charge in [-0.25, -0.2) is 0 Å². The van der Waals surface area contributed by atoms with Crippen molar-refractivity contribution in [1.82, 2.24) is 10.2 Å². The van der Waals surface area contributed by atoms with Crippen molar-refractivity contribution < 1.29 is 9.90 Å². The maximum Gasteiger partial charge on any atom is 0.251 e. The molecule has 26 heavy (non-hydrogen) atoms. The van der Waals surface area contributed by atoms with E-state index in [0.717, 1.165) is 42.7 Å². The van der Waals surface area contributed by atoms with Crippen LogP contribution < -0.4 is 5.32 Å². The zero-order valence-electron chi connectivity index (χ0n) is 15.0. The number of carbonyl (C=O) groups excluding carboxylic acids is 1. The van der Waals surface area contributed by atoms with Gasteiger partial charge in [-0.1, -0.05) is 36.4 Å².